The van der Waals surface area contributed by atoms with Gasteiger partial charge in [0.1, 0.15) is 5.82 Å². The molecule has 0 radical (unpaired) electrons. The lowest BCUT2D eigenvalue weighted by Gasteiger charge is -2.20. The van der Waals surface area contributed by atoms with Crippen molar-refractivity contribution in [3.05, 3.63) is 24.0 Å². The first-order valence-corrected chi connectivity index (χ1v) is 11.9. The van der Waals surface area contributed by atoms with Gasteiger partial charge in [-0.25, -0.2) is 13.4 Å². The number of amides is 1. The van der Waals surface area contributed by atoms with Crippen LogP contribution in [0.1, 0.15) is 59.2 Å². The van der Waals surface area contributed by atoms with Crippen LogP contribution in [0.4, 0.5) is 0 Å². The van der Waals surface area contributed by atoms with Crippen LogP contribution in [0.2, 0.25) is 0 Å². The van der Waals surface area contributed by atoms with Crippen molar-refractivity contribution in [2.45, 2.75) is 76.8 Å². The largest absolute Gasteiger partial charge is 0.351 e. The molecule has 2 aromatic rings. The number of aromatic nitrogens is 2. The van der Waals surface area contributed by atoms with Gasteiger partial charge in [-0.15, -0.1) is 0 Å². The van der Waals surface area contributed by atoms with E-state index in [2.05, 4.69) is 16.8 Å². The lowest BCUT2D eigenvalue weighted by atomic mass is 10.1. The summed E-state index contributed by atoms with van der Waals surface area (Å²) in [4.78, 5) is 17.2. The highest BCUT2D eigenvalue weighted by atomic mass is 32.2. The van der Waals surface area contributed by atoms with Crippen molar-refractivity contribution in [1.82, 2.24) is 19.2 Å². The molecule has 0 saturated carbocycles. The van der Waals surface area contributed by atoms with Crippen molar-refractivity contribution < 1.29 is 13.2 Å². The van der Waals surface area contributed by atoms with Crippen LogP contribution in [0.15, 0.2) is 23.1 Å². The Kier molecular flexibility index (Phi) is 6.33. The van der Waals surface area contributed by atoms with Gasteiger partial charge in [0.15, 0.2) is 0 Å². The standard InChI is InChI=1S/C21H32N4O3S/c1-5-12-25-18-9-8-16(29(27,28)24-13-6-7-14-24)15-17(18)22-19(25)10-11-20(26)23-21(2,3)4/h8-9,15H,5-7,10-14H2,1-4H3,(H,23,26). The predicted octanol–water partition coefficient (Wildman–Crippen LogP) is 3.08. The molecule has 0 spiro atoms. The van der Waals surface area contributed by atoms with Crippen LogP contribution >= 0.6 is 0 Å². The topological polar surface area (TPSA) is 84.3 Å². The maximum absolute atomic E-state index is 12.9. The number of sulfonamides is 1. The average molecular weight is 421 g/mol. The summed E-state index contributed by atoms with van der Waals surface area (Å²) < 4.78 is 29.4. The molecule has 1 aromatic carbocycles. The Morgan fingerprint density at radius 1 is 1.21 bits per heavy atom. The summed E-state index contributed by atoms with van der Waals surface area (Å²) in [5.41, 5.74) is 1.32. The summed E-state index contributed by atoms with van der Waals surface area (Å²) in [5.74, 6) is 0.812. The van der Waals surface area contributed by atoms with Gasteiger partial charge in [0.25, 0.3) is 0 Å². The van der Waals surface area contributed by atoms with Gasteiger partial charge in [0, 0.05) is 38.0 Å². The van der Waals surface area contributed by atoms with Crippen LogP contribution in [0, 0.1) is 0 Å². The number of hydrogen-bond acceptors (Lipinski definition) is 4. The average Bonchev–Trinajstić information content (AvgIpc) is 3.27. The molecule has 1 fully saturated rings. The Balaban J connectivity index is 1.88. The number of nitrogens with zero attached hydrogens (tertiary/aromatic N) is 3. The fourth-order valence-electron chi connectivity index (χ4n) is 3.77. The van der Waals surface area contributed by atoms with Crippen LogP contribution < -0.4 is 5.32 Å². The third kappa shape index (κ3) is 4.98. The smallest absolute Gasteiger partial charge is 0.243 e. The zero-order chi connectivity index (χ0) is 21.2. The van der Waals surface area contributed by atoms with Gasteiger partial charge in [0.05, 0.1) is 15.9 Å². The summed E-state index contributed by atoms with van der Waals surface area (Å²) in [6.45, 7) is 9.91. The minimum atomic E-state index is -3.47. The predicted molar refractivity (Wildman–Crippen MR) is 114 cm³/mol. The van der Waals surface area contributed by atoms with Crippen LogP contribution in [0.3, 0.4) is 0 Å². The van der Waals surface area contributed by atoms with E-state index in [-0.39, 0.29) is 11.4 Å². The van der Waals surface area contributed by atoms with Crippen molar-refractivity contribution in [3.63, 3.8) is 0 Å². The zero-order valence-corrected chi connectivity index (χ0v) is 18.7. The highest BCUT2D eigenvalue weighted by Crippen LogP contribution is 2.25. The molecule has 2 heterocycles. The van der Waals surface area contributed by atoms with E-state index in [1.165, 1.54) is 0 Å². The SMILES string of the molecule is CCCn1c(CCC(=O)NC(C)(C)C)nc2cc(S(=O)(=O)N3CCCC3)ccc21. The summed E-state index contributed by atoms with van der Waals surface area (Å²) in [6, 6.07) is 5.20. The number of aryl methyl sites for hydroxylation is 2. The van der Waals surface area contributed by atoms with Crippen molar-refractivity contribution >= 4 is 27.0 Å². The van der Waals surface area contributed by atoms with Gasteiger partial charge in [-0.05, 0) is 58.2 Å². The molecule has 7 nitrogen and oxygen atoms in total. The number of nitrogens with one attached hydrogen (secondary N) is 1. The lowest BCUT2D eigenvalue weighted by molar-refractivity contribution is -0.122. The number of benzene rings is 1. The second kappa shape index (κ2) is 8.44. The monoisotopic (exact) mass is 420 g/mol. The number of carbonyl (C=O) groups excluding carboxylic acids is 1. The van der Waals surface area contributed by atoms with E-state index in [0.717, 1.165) is 37.1 Å². The quantitative estimate of drug-likeness (QED) is 0.746. The molecular formula is C21H32N4O3S. The van der Waals surface area contributed by atoms with E-state index < -0.39 is 10.0 Å². The maximum Gasteiger partial charge on any atom is 0.243 e. The van der Waals surface area contributed by atoms with Gasteiger partial charge >= 0.3 is 0 Å². The zero-order valence-electron chi connectivity index (χ0n) is 17.9. The Hall–Kier alpha value is -1.93. The van der Waals surface area contributed by atoms with Crippen molar-refractivity contribution in [2.75, 3.05) is 13.1 Å². The summed E-state index contributed by atoms with van der Waals surface area (Å²) in [6.07, 6.45) is 3.62. The summed E-state index contributed by atoms with van der Waals surface area (Å²) >= 11 is 0. The Bertz CT molecular complexity index is 983. The van der Waals surface area contributed by atoms with E-state index >= 15 is 0 Å². The fraction of sp³-hybridized carbons (Fsp3) is 0.619. The first-order chi connectivity index (χ1) is 13.6. The van der Waals surface area contributed by atoms with Gasteiger partial charge in [0.2, 0.25) is 15.9 Å². The number of hydrogen-bond donors (Lipinski definition) is 1. The molecule has 29 heavy (non-hydrogen) atoms. The van der Waals surface area contributed by atoms with Crippen LogP contribution in [0.25, 0.3) is 11.0 Å². The minimum Gasteiger partial charge on any atom is -0.351 e. The van der Waals surface area contributed by atoms with Gasteiger partial charge < -0.3 is 9.88 Å². The molecule has 0 bridgehead atoms. The van der Waals surface area contributed by atoms with E-state index in [4.69, 9.17) is 4.98 Å². The number of fused-ring (bicyclic) bond motifs is 1. The van der Waals surface area contributed by atoms with E-state index in [0.29, 0.717) is 36.3 Å². The molecule has 1 aliphatic rings. The summed E-state index contributed by atoms with van der Waals surface area (Å²) in [7, 11) is -3.47. The summed E-state index contributed by atoms with van der Waals surface area (Å²) in [5, 5.41) is 2.97. The molecule has 0 unspecified atom stereocenters. The molecule has 1 N–H and O–H groups in total. The maximum atomic E-state index is 12.9. The Morgan fingerprint density at radius 3 is 2.52 bits per heavy atom. The molecular weight excluding hydrogens is 388 g/mol. The molecule has 160 valence electrons. The van der Waals surface area contributed by atoms with Gasteiger partial charge in [-0.2, -0.15) is 4.31 Å². The van der Waals surface area contributed by atoms with Crippen molar-refractivity contribution in [2.24, 2.45) is 0 Å². The first-order valence-electron chi connectivity index (χ1n) is 10.4. The first kappa shape index (κ1) is 21.8. The van der Waals surface area contributed by atoms with Crippen LogP contribution in [-0.4, -0.2) is 46.8 Å². The number of rotatable bonds is 7. The van der Waals surface area contributed by atoms with E-state index in [1.807, 2.05) is 26.8 Å². The second-order valence-electron chi connectivity index (χ2n) is 8.74. The molecule has 0 atom stereocenters. The van der Waals surface area contributed by atoms with Crippen LogP contribution in [0.5, 0.6) is 0 Å². The van der Waals surface area contributed by atoms with E-state index in [9.17, 15) is 13.2 Å². The van der Waals surface area contributed by atoms with Gasteiger partial charge in [-0.1, -0.05) is 6.92 Å². The number of carbonyl (C=O) groups is 1. The molecule has 1 aliphatic heterocycles. The third-order valence-corrected chi connectivity index (χ3v) is 6.93. The van der Waals surface area contributed by atoms with Crippen LogP contribution in [-0.2, 0) is 27.8 Å². The highest BCUT2D eigenvalue weighted by molar-refractivity contribution is 7.89. The lowest BCUT2D eigenvalue weighted by Crippen LogP contribution is -2.40. The third-order valence-electron chi connectivity index (χ3n) is 5.04. The Labute approximate surface area is 173 Å². The minimum absolute atomic E-state index is 0.00935. The molecule has 1 saturated heterocycles. The molecule has 8 heteroatoms. The second-order valence-corrected chi connectivity index (χ2v) is 10.7. The molecule has 3 rings (SSSR count). The highest BCUT2D eigenvalue weighted by Gasteiger charge is 2.28. The van der Waals surface area contributed by atoms with Gasteiger partial charge in [-0.3, -0.25) is 4.79 Å². The molecule has 1 aromatic heterocycles. The van der Waals surface area contributed by atoms with E-state index in [1.54, 1.807) is 16.4 Å². The Morgan fingerprint density at radius 2 is 1.90 bits per heavy atom. The number of imidazole rings is 1. The normalized spacial score (nSPS) is 15.9. The molecule has 1 amide bonds. The fourth-order valence-corrected chi connectivity index (χ4v) is 5.31. The van der Waals surface area contributed by atoms with Crippen molar-refractivity contribution in [1.29, 1.82) is 0 Å². The molecule has 0 aliphatic carbocycles. The van der Waals surface area contributed by atoms with Crippen molar-refractivity contribution in [3.8, 4) is 0 Å².